The summed E-state index contributed by atoms with van der Waals surface area (Å²) >= 11 is 1.63. The first-order valence-corrected chi connectivity index (χ1v) is 9.29. The fourth-order valence-corrected chi connectivity index (χ4v) is 3.85. The average molecular weight is 354 g/mol. The summed E-state index contributed by atoms with van der Waals surface area (Å²) in [5, 5.41) is 2.01. The van der Waals surface area contributed by atoms with Gasteiger partial charge in [-0.25, -0.2) is 0 Å². The van der Waals surface area contributed by atoms with Gasteiger partial charge in [0.05, 0.1) is 12.5 Å². The van der Waals surface area contributed by atoms with Gasteiger partial charge >= 0.3 is 0 Å². The van der Waals surface area contributed by atoms with Crippen molar-refractivity contribution in [3.8, 4) is 0 Å². The number of thiophene rings is 1. The van der Waals surface area contributed by atoms with Crippen molar-refractivity contribution in [3.05, 3.63) is 70.9 Å². The van der Waals surface area contributed by atoms with Crippen LogP contribution in [0, 0.1) is 5.92 Å². The largest absolute Gasteiger partial charge is 0.338 e. The van der Waals surface area contributed by atoms with Crippen LogP contribution in [0.4, 0.5) is 0 Å². The number of hydrogen-bond donors (Lipinski definition) is 0. The second kappa shape index (κ2) is 8.12. The van der Waals surface area contributed by atoms with Crippen LogP contribution in [0.25, 0.3) is 0 Å². The molecule has 4 nitrogen and oxygen atoms in total. The van der Waals surface area contributed by atoms with Gasteiger partial charge in [-0.1, -0.05) is 42.5 Å². The quantitative estimate of drug-likeness (QED) is 0.716. The highest BCUT2D eigenvalue weighted by molar-refractivity contribution is 7.09. The minimum absolute atomic E-state index is 0.0391. The van der Waals surface area contributed by atoms with E-state index in [1.165, 1.54) is 0 Å². The molecule has 1 atom stereocenters. The summed E-state index contributed by atoms with van der Waals surface area (Å²) in [6, 6.07) is 13.9. The zero-order valence-electron chi connectivity index (χ0n) is 14.1. The Hall–Kier alpha value is -2.40. The maximum absolute atomic E-state index is 12.9. The summed E-state index contributed by atoms with van der Waals surface area (Å²) in [5.74, 6) is -0.176. The number of benzene rings is 1. The molecule has 2 heterocycles. The lowest BCUT2D eigenvalue weighted by atomic mass is 10.1. The minimum Gasteiger partial charge on any atom is -0.338 e. The van der Waals surface area contributed by atoms with Gasteiger partial charge in [0.1, 0.15) is 0 Å². The Morgan fingerprint density at radius 2 is 2.08 bits per heavy atom. The maximum Gasteiger partial charge on any atom is 0.228 e. The zero-order valence-corrected chi connectivity index (χ0v) is 15.0. The Morgan fingerprint density at radius 3 is 2.76 bits per heavy atom. The summed E-state index contributed by atoms with van der Waals surface area (Å²) in [6.07, 6.45) is 2.04. The molecule has 2 aromatic rings. The highest BCUT2D eigenvalue weighted by atomic mass is 32.1. The van der Waals surface area contributed by atoms with Crippen LogP contribution in [0.3, 0.4) is 0 Å². The van der Waals surface area contributed by atoms with Gasteiger partial charge in [-0.15, -0.1) is 17.9 Å². The molecule has 130 valence electrons. The number of hydrogen-bond acceptors (Lipinski definition) is 3. The van der Waals surface area contributed by atoms with Gasteiger partial charge in [-0.2, -0.15) is 0 Å². The van der Waals surface area contributed by atoms with Gasteiger partial charge in [-0.05, 0) is 17.0 Å². The fraction of sp³-hybridized carbons (Fsp3) is 0.300. The summed E-state index contributed by atoms with van der Waals surface area (Å²) < 4.78 is 0. The predicted molar refractivity (Wildman–Crippen MR) is 99.9 cm³/mol. The number of likely N-dealkylation sites (tertiary alicyclic amines) is 1. The molecular formula is C20H22N2O2S. The zero-order chi connectivity index (χ0) is 17.6. The van der Waals surface area contributed by atoms with E-state index in [2.05, 4.69) is 6.58 Å². The summed E-state index contributed by atoms with van der Waals surface area (Å²) in [4.78, 5) is 30.0. The number of amides is 2. The second-order valence-corrected chi connectivity index (χ2v) is 7.28. The van der Waals surface area contributed by atoms with Crippen LogP contribution >= 0.6 is 11.3 Å². The Balaban J connectivity index is 1.64. The highest BCUT2D eigenvalue weighted by Crippen LogP contribution is 2.23. The fourth-order valence-electron chi connectivity index (χ4n) is 3.13. The summed E-state index contributed by atoms with van der Waals surface area (Å²) in [7, 11) is 0. The number of carbonyl (C=O) groups is 2. The van der Waals surface area contributed by atoms with Crippen LogP contribution in [0.1, 0.15) is 16.9 Å². The van der Waals surface area contributed by atoms with Crippen LogP contribution < -0.4 is 0 Å². The van der Waals surface area contributed by atoms with Gasteiger partial charge in [0.25, 0.3) is 0 Å². The van der Waals surface area contributed by atoms with E-state index in [9.17, 15) is 9.59 Å². The van der Waals surface area contributed by atoms with E-state index in [0.29, 0.717) is 32.6 Å². The Bertz CT molecular complexity index is 727. The van der Waals surface area contributed by atoms with Crippen LogP contribution in [0.5, 0.6) is 0 Å². The molecule has 3 rings (SSSR count). The molecule has 0 spiro atoms. The molecule has 25 heavy (non-hydrogen) atoms. The van der Waals surface area contributed by atoms with E-state index in [4.69, 9.17) is 0 Å². The Kier molecular flexibility index (Phi) is 5.66. The lowest BCUT2D eigenvalue weighted by Crippen LogP contribution is -2.37. The van der Waals surface area contributed by atoms with Crippen molar-refractivity contribution in [2.45, 2.75) is 19.5 Å². The Morgan fingerprint density at radius 1 is 1.28 bits per heavy atom. The smallest absolute Gasteiger partial charge is 0.228 e. The number of rotatable bonds is 7. The van der Waals surface area contributed by atoms with Gasteiger partial charge < -0.3 is 9.80 Å². The molecule has 1 saturated heterocycles. The van der Waals surface area contributed by atoms with E-state index in [1.807, 2.05) is 47.8 Å². The van der Waals surface area contributed by atoms with Gasteiger partial charge in [0.15, 0.2) is 0 Å². The molecular weight excluding hydrogens is 332 g/mol. The van der Waals surface area contributed by atoms with Crippen molar-refractivity contribution in [2.24, 2.45) is 5.92 Å². The van der Waals surface area contributed by atoms with Crippen molar-refractivity contribution in [2.75, 3.05) is 13.1 Å². The summed E-state index contributed by atoms with van der Waals surface area (Å²) in [5.41, 5.74) is 1.09. The molecule has 0 radical (unpaired) electrons. The minimum atomic E-state index is -0.267. The van der Waals surface area contributed by atoms with Gasteiger partial charge in [0.2, 0.25) is 11.8 Å². The van der Waals surface area contributed by atoms with Crippen LogP contribution in [-0.2, 0) is 22.7 Å². The predicted octanol–water partition coefficient (Wildman–Crippen LogP) is 3.31. The first-order chi connectivity index (χ1) is 12.2. The SMILES string of the molecule is C=CCN(Cc1cccs1)C(=O)C1CC(=O)N(Cc2ccccc2)C1. The molecule has 0 bridgehead atoms. The second-order valence-electron chi connectivity index (χ2n) is 6.25. The van der Waals surface area contributed by atoms with Crippen LogP contribution in [0.2, 0.25) is 0 Å². The Labute approximate surface area is 152 Å². The number of carbonyl (C=O) groups excluding carboxylic acids is 2. The first-order valence-electron chi connectivity index (χ1n) is 8.41. The van der Waals surface area contributed by atoms with Crippen molar-refractivity contribution in [3.63, 3.8) is 0 Å². The van der Waals surface area contributed by atoms with E-state index < -0.39 is 0 Å². The molecule has 5 heteroatoms. The highest BCUT2D eigenvalue weighted by Gasteiger charge is 2.36. The maximum atomic E-state index is 12.9. The average Bonchev–Trinajstić information content (AvgIpc) is 3.25. The van der Waals surface area contributed by atoms with E-state index in [1.54, 1.807) is 27.2 Å². The standard InChI is InChI=1S/C20H22N2O2S/c1-2-10-21(15-18-9-6-11-25-18)20(24)17-12-19(23)22(14-17)13-16-7-4-3-5-8-16/h2-9,11,17H,1,10,12-15H2. The van der Waals surface area contributed by atoms with Crippen molar-refractivity contribution in [1.82, 2.24) is 9.80 Å². The molecule has 1 aromatic carbocycles. The van der Waals surface area contributed by atoms with E-state index >= 15 is 0 Å². The molecule has 1 unspecified atom stereocenters. The van der Waals surface area contributed by atoms with Crippen molar-refractivity contribution < 1.29 is 9.59 Å². The van der Waals surface area contributed by atoms with Crippen molar-refractivity contribution in [1.29, 1.82) is 0 Å². The van der Waals surface area contributed by atoms with Crippen molar-refractivity contribution >= 4 is 23.2 Å². The monoisotopic (exact) mass is 354 g/mol. The van der Waals surface area contributed by atoms with Gasteiger partial charge in [-0.3, -0.25) is 9.59 Å². The molecule has 1 aliphatic heterocycles. The summed E-state index contributed by atoms with van der Waals surface area (Å²) in [6.45, 7) is 5.89. The third kappa shape index (κ3) is 4.37. The molecule has 1 aliphatic rings. The molecule has 1 fully saturated rings. The van der Waals surface area contributed by atoms with Crippen LogP contribution in [0.15, 0.2) is 60.5 Å². The van der Waals surface area contributed by atoms with Crippen LogP contribution in [-0.4, -0.2) is 34.7 Å². The van der Waals surface area contributed by atoms with E-state index in [-0.39, 0.29) is 17.7 Å². The van der Waals surface area contributed by atoms with E-state index in [0.717, 1.165) is 10.4 Å². The number of nitrogens with zero attached hydrogens (tertiary/aromatic N) is 2. The molecule has 2 amide bonds. The molecule has 0 saturated carbocycles. The third-order valence-corrected chi connectivity index (χ3v) is 5.23. The third-order valence-electron chi connectivity index (χ3n) is 4.37. The normalized spacial score (nSPS) is 16.9. The van der Waals surface area contributed by atoms with Gasteiger partial charge in [0, 0.05) is 30.9 Å². The lowest BCUT2D eigenvalue weighted by molar-refractivity contribution is -0.135. The topological polar surface area (TPSA) is 40.6 Å². The molecule has 0 N–H and O–H groups in total. The molecule has 1 aromatic heterocycles. The first kappa shape index (κ1) is 17.4. The lowest BCUT2D eigenvalue weighted by Gasteiger charge is -2.24. The molecule has 0 aliphatic carbocycles.